The lowest BCUT2D eigenvalue weighted by Crippen LogP contribution is -2.23. The molecule has 1 unspecified atom stereocenters. The van der Waals surface area contributed by atoms with Gasteiger partial charge in [0, 0.05) is 11.3 Å². The first-order chi connectivity index (χ1) is 10.3. The predicted molar refractivity (Wildman–Crippen MR) is 82.9 cm³/mol. The molecule has 0 saturated heterocycles. The first kappa shape index (κ1) is 13.3. The zero-order valence-corrected chi connectivity index (χ0v) is 11.7. The summed E-state index contributed by atoms with van der Waals surface area (Å²) in [6.07, 6.45) is 0. The fraction of sp³-hybridized carbons (Fsp3) is 0.188. The van der Waals surface area contributed by atoms with E-state index in [1.54, 1.807) is 7.11 Å². The quantitative estimate of drug-likeness (QED) is 0.671. The number of ether oxygens (including phenoxy) is 2. The lowest BCUT2D eigenvalue weighted by atomic mass is 10.1. The number of para-hydroxylation sites is 1. The first-order valence-electron chi connectivity index (χ1n) is 6.72. The summed E-state index contributed by atoms with van der Waals surface area (Å²) in [5.74, 6) is 2.04. The van der Waals surface area contributed by atoms with Crippen LogP contribution < -0.4 is 20.5 Å². The van der Waals surface area contributed by atoms with Crippen molar-refractivity contribution in [2.75, 3.05) is 19.0 Å². The van der Waals surface area contributed by atoms with E-state index in [1.165, 1.54) is 0 Å². The third-order valence-electron chi connectivity index (χ3n) is 3.33. The molecule has 3 rings (SSSR count). The van der Waals surface area contributed by atoms with Crippen molar-refractivity contribution in [1.82, 2.24) is 0 Å². The van der Waals surface area contributed by atoms with Crippen molar-refractivity contribution in [2.45, 2.75) is 6.04 Å². The lowest BCUT2D eigenvalue weighted by molar-refractivity contribution is 0.334. The summed E-state index contributed by atoms with van der Waals surface area (Å²) in [5, 5.41) is 3.07. The number of methoxy groups -OCH3 is 1. The highest BCUT2D eigenvalue weighted by Gasteiger charge is 2.23. The van der Waals surface area contributed by atoms with E-state index in [0.29, 0.717) is 12.6 Å². The molecule has 108 valence electrons. The zero-order valence-electron chi connectivity index (χ0n) is 11.7. The van der Waals surface area contributed by atoms with Gasteiger partial charge in [-0.05, 0) is 30.3 Å². The normalized spacial score (nSPS) is 17.0. The molecule has 21 heavy (non-hydrogen) atoms. The average molecular weight is 283 g/mol. The van der Waals surface area contributed by atoms with Gasteiger partial charge in [-0.25, -0.2) is 4.99 Å². The monoisotopic (exact) mass is 283 g/mol. The Kier molecular flexibility index (Phi) is 3.64. The number of aliphatic imine (C=N–C) groups is 1. The van der Waals surface area contributed by atoms with Crippen molar-refractivity contribution in [3.8, 4) is 11.5 Å². The molecule has 1 atom stereocenters. The Hall–Kier alpha value is -2.69. The number of rotatable bonds is 3. The van der Waals surface area contributed by atoms with Crippen LogP contribution in [-0.4, -0.2) is 19.7 Å². The van der Waals surface area contributed by atoms with Crippen molar-refractivity contribution in [3.05, 3.63) is 54.1 Å². The van der Waals surface area contributed by atoms with Gasteiger partial charge in [0.2, 0.25) is 0 Å². The maximum Gasteiger partial charge on any atom is 0.193 e. The lowest BCUT2D eigenvalue weighted by Gasteiger charge is -2.09. The van der Waals surface area contributed by atoms with Crippen molar-refractivity contribution in [2.24, 2.45) is 10.7 Å². The van der Waals surface area contributed by atoms with Gasteiger partial charge >= 0.3 is 0 Å². The molecule has 0 saturated carbocycles. The van der Waals surface area contributed by atoms with Gasteiger partial charge in [0.1, 0.15) is 24.1 Å². The Morgan fingerprint density at radius 1 is 1.24 bits per heavy atom. The first-order valence-corrected chi connectivity index (χ1v) is 6.72. The number of hydrogen-bond donors (Lipinski definition) is 2. The van der Waals surface area contributed by atoms with Crippen LogP contribution in [0.15, 0.2) is 53.5 Å². The Balaban J connectivity index is 1.72. The Morgan fingerprint density at radius 2 is 2.00 bits per heavy atom. The zero-order chi connectivity index (χ0) is 14.7. The third-order valence-corrected chi connectivity index (χ3v) is 3.33. The molecule has 2 aromatic rings. The molecule has 2 aromatic carbocycles. The van der Waals surface area contributed by atoms with Gasteiger partial charge in [-0.2, -0.15) is 0 Å². The van der Waals surface area contributed by atoms with Crippen LogP contribution >= 0.6 is 0 Å². The minimum atomic E-state index is -0.0630. The number of guanidine groups is 1. The second-order valence-corrected chi connectivity index (χ2v) is 4.73. The molecule has 1 heterocycles. The number of nitrogens with one attached hydrogen (secondary N) is 1. The van der Waals surface area contributed by atoms with Crippen LogP contribution in [0.1, 0.15) is 11.6 Å². The smallest absolute Gasteiger partial charge is 0.193 e. The molecule has 0 fully saturated rings. The van der Waals surface area contributed by atoms with Gasteiger partial charge in [0.25, 0.3) is 0 Å². The molecule has 1 aliphatic rings. The van der Waals surface area contributed by atoms with E-state index >= 15 is 0 Å². The van der Waals surface area contributed by atoms with Gasteiger partial charge in [-0.3, -0.25) is 0 Å². The highest BCUT2D eigenvalue weighted by Crippen LogP contribution is 2.34. The number of anilines is 1. The molecule has 0 amide bonds. The van der Waals surface area contributed by atoms with Gasteiger partial charge in [-0.15, -0.1) is 0 Å². The third kappa shape index (κ3) is 2.91. The largest absolute Gasteiger partial charge is 0.497 e. The second kappa shape index (κ2) is 5.75. The number of nitrogens with two attached hydrogens (primary N) is 1. The van der Waals surface area contributed by atoms with Crippen LogP contribution in [0.2, 0.25) is 0 Å². The maximum absolute atomic E-state index is 5.97. The molecule has 0 radical (unpaired) electrons. The van der Waals surface area contributed by atoms with Gasteiger partial charge in [-0.1, -0.05) is 18.2 Å². The number of fused-ring (bicyclic) bond motifs is 1. The van der Waals surface area contributed by atoms with Crippen LogP contribution in [0, 0.1) is 0 Å². The fourth-order valence-corrected chi connectivity index (χ4v) is 2.27. The van der Waals surface area contributed by atoms with Crippen LogP contribution in [0.4, 0.5) is 5.69 Å². The maximum atomic E-state index is 5.97. The summed E-state index contributed by atoms with van der Waals surface area (Å²) in [7, 11) is 1.63. The van der Waals surface area contributed by atoms with Crippen LogP contribution in [0.3, 0.4) is 0 Å². The molecule has 3 N–H and O–H groups in total. The van der Waals surface area contributed by atoms with Crippen molar-refractivity contribution >= 4 is 11.6 Å². The van der Waals surface area contributed by atoms with Crippen LogP contribution in [-0.2, 0) is 0 Å². The fourth-order valence-electron chi connectivity index (χ4n) is 2.27. The van der Waals surface area contributed by atoms with Gasteiger partial charge in [0.15, 0.2) is 5.96 Å². The average Bonchev–Trinajstić information content (AvgIpc) is 2.91. The minimum absolute atomic E-state index is 0.0630. The van der Waals surface area contributed by atoms with Crippen molar-refractivity contribution < 1.29 is 9.47 Å². The molecular formula is C16H17N3O2. The van der Waals surface area contributed by atoms with Crippen molar-refractivity contribution in [1.29, 1.82) is 0 Å². The van der Waals surface area contributed by atoms with E-state index in [2.05, 4.69) is 10.3 Å². The number of benzene rings is 2. The summed E-state index contributed by atoms with van der Waals surface area (Å²) in [6.45, 7) is 0.518. The molecule has 5 heteroatoms. The second-order valence-electron chi connectivity index (χ2n) is 4.73. The van der Waals surface area contributed by atoms with E-state index in [9.17, 15) is 0 Å². The van der Waals surface area contributed by atoms with E-state index < -0.39 is 0 Å². The highest BCUT2D eigenvalue weighted by atomic mass is 16.5. The molecular weight excluding hydrogens is 266 g/mol. The van der Waals surface area contributed by atoms with E-state index in [-0.39, 0.29) is 6.04 Å². The predicted octanol–water partition coefficient (Wildman–Crippen LogP) is 2.56. The van der Waals surface area contributed by atoms with Crippen LogP contribution in [0.5, 0.6) is 11.5 Å². The number of hydrogen-bond acceptors (Lipinski definition) is 3. The van der Waals surface area contributed by atoms with E-state index in [0.717, 1.165) is 22.7 Å². The van der Waals surface area contributed by atoms with Gasteiger partial charge in [0.05, 0.1) is 7.11 Å². The van der Waals surface area contributed by atoms with Crippen LogP contribution in [0.25, 0.3) is 0 Å². The molecule has 1 aliphatic heterocycles. The summed E-state index contributed by atoms with van der Waals surface area (Å²) in [4.78, 5) is 4.48. The Labute approximate surface area is 123 Å². The molecule has 0 bridgehead atoms. The van der Waals surface area contributed by atoms with Crippen molar-refractivity contribution in [3.63, 3.8) is 0 Å². The summed E-state index contributed by atoms with van der Waals surface area (Å²) >= 11 is 0. The van der Waals surface area contributed by atoms with Gasteiger partial charge < -0.3 is 20.5 Å². The number of nitrogens with zero attached hydrogens (tertiary/aromatic N) is 1. The molecule has 0 spiro atoms. The topological polar surface area (TPSA) is 68.9 Å². The SMILES string of the molecule is COc1ccc(NC(N)=NC2COc3ccccc32)cc1. The summed E-state index contributed by atoms with van der Waals surface area (Å²) in [5.41, 5.74) is 7.90. The standard InChI is InChI=1S/C16H17N3O2/c1-20-12-8-6-11(7-9-12)18-16(17)19-14-10-21-15-5-3-2-4-13(14)15/h2-9,14H,10H2,1H3,(H3,17,18,19). The van der Waals surface area contributed by atoms with E-state index in [1.807, 2.05) is 48.5 Å². The minimum Gasteiger partial charge on any atom is -0.497 e. The molecule has 0 aliphatic carbocycles. The Bertz CT molecular complexity index is 653. The highest BCUT2D eigenvalue weighted by molar-refractivity contribution is 5.92. The Morgan fingerprint density at radius 3 is 2.76 bits per heavy atom. The summed E-state index contributed by atoms with van der Waals surface area (Å²) < 4.78 is 10.7. The molecule has 0 aromatic heterocycles. The summed E-state index contributed by atoms with van der Waals surface area (Å²) in [6, 6.07) is 15.3. The molecule has 5 nitrogen and oxygen atoms in total. The van der Waals surface area contributed by atoms with E-state index in [4.69, 9.17) is 15.2 Å².